The van der Waals surface area contributed by atoms with Crippen LogP contribution in [0.15, 0.2) is 65.4 Å². The van der Waals surface area contributed by atoms with Crippen LogP contribution in [-0.4, -0.2) is 29.6 Å². The number of aliphatic imine (C=N–C) groups is 1. The molecule has 2 heterocycles. The molecule has 3 N–H and O–H groups in total. The van der Waals surface area contributed by atoms with Crippen molar-refractivity contribution in [2.24, 2.45) is 4.99 Å². The zero-order valence-electron chi connectivity index (χ0n) is 17.6. The minimum atomic E-state index is -0.635. The Morgan fingerprint density at radius 1 is 0.862 bits per heavy atom. The summed E-state index contributed by atoms with van der Waals surface area (Å²) in [6.45, 7) is 8.41. The number of likely N-dealkylation sites (tertiary alicyclic amines) is 1. The van der Waals surface area contributed by atoms with Gasteiger partial charge in [-0.3, -0.25) is 0 Å². The van der Waals surface area contributed by atoms with Gasteiger partial charge in [-0.15, -0.1) is 0 Å². The van der Waals surface area contributed by atoms with E-state index in [4.69, 9.17) is 4.99 Å². The summed E-state index contributed by atoms with van der Waals surface area (Å²) in [5.74, 6) is 1.34. The highest BCUT2D eigenvalue weighted by Gasteiger charge is 2.30. The second kappa shape index (κ2) is 8.19. The van der Waals surface area contributed by atoms with Gasteiger partial charge in [-0.05, 0) is 64.3 Å². The second-order valence-corrected chi connectivity index (χ2v) is 8.25. The summed E-state index contributed by atoms with van der Waals surface area (Å²) < 4.78 is 0. The van der Waals surface area contributed by atoms with Gasteiger partial charge in [-0.25, -0.2) is 4.99 Å². The minimum Gasteiger partial charge on any atom is -0.357 e. The summed E-state index contributed by atoms with van der Waals surface area (Å²) in [7, 11) is 0. The van der Waals surface area contributed by atoms with E-state index in [1.54, 1.807) is 0 Å². The molecule has 0 aliphatic carbocycles. The van der Waals surface area contributed by atoms with Crippen LogP contribution < -0.4 is 16.0 Å². The SMILES string of the molecule is Cc1ccc(NC2=CC(N3CCCCC3)=NC(C)(Nc3ccc(C)cc3)N2)cc1. The third-order valence-electron chi connectivity index (χ3n) is 5.44. The Balaban J connectivity index is 1.60. The van der Waals surface area contributed by atoms with Crippen molar-refractivity contribution in [3.63, 3.8) is 0 Å². The molecule has 0 spiro atoms. The Morgan fingerprint density at radius 3 is 2.07 bits per heavy atom. The lowest BCUT2D eigenvalue weighted by atomic mass is 10.1. The van der Waals surface area contributed by atoms with Gasteiger partial charge in [0.25, 0.3) is 0 Å². The molecule has 0 bridgehead atoms. The third-order valence-corrected chi connectivity index (χ3v) is 5.44. The summed E-state index contributed by atoms with van der Waals surface area (Å²) in [6, 6.07) is 16.9. The van der Waals surface area contributed by atoms with E-state index in [2.05, 4.69) is 96.2 Å². The van der Waals surface area contributed by atoms with Gasteiger partial charge in [0.2, 0.25) is 5.79 Å². The Bertz CT molecular complexity index is 892. The molecular weight excluding hydrogens is 358 g/mol. The van der Waals surface area contributed by atoms with Gasteiger partial charge in [-0.2, -0.15) is 0 Å². The van der Waals surface area contributed by atoms with Crippen molar-refractivity contribution < 1.29 is 0 Å². The van der Waals surface area contributed by atoms with Gasteiger partial charge >= 0.3 is 0 Å². The number of rotatable bonds is 4. The number of aryl methyl sites for hydroxylation is 2. The fourth-order valence-electron chi connectivity index (χ4n) is 3.84. The number of anilines is 2. The number of nitrogens with one attached hydrogen (secondary N) is 3. The van der Waals surface area contributed by atoms with Crippen LogP contribution in [0.1, 0.15) is 37.3 Å². The van der Waals surface area contributed by atoms with Crippen molar-refractivity contribution in [2.45, 2.75) is 45.8 Å². The first-order valence-corrected chi connectivity index (χ1v) is 10.5. The molecule has 1 fully saturated rings. The fourth-order valence-corrected chi connectivity index (χ4v) is 3.84. The van der Waals surface area contributed by atoms with Crippen molar-refractivity contribution in [2.75, 3.05) is 23.7 Å². The molecule has 2 aromatic carbocycles. The van der Waals surface area contributed by atoms with E-state index >= 15 is 0 Å². The van der Waals surface area contributed by atoms with E-state index in [1.165, 1.54) is 30.4 Å². The molecule has 2 aromatic rings. The fraction of sp³-hybridized carbons (Fsp3) is 0.375. The van der Waals surface area contributed by atoms with Crippen LogP contribution in [-0.2, 0) is 0 Å². The standard InChI is InChI=1S/C24H31N5/c1-18-7-11-20(12-8-18)25-22-17-23(29-15-5-4-6-16-29)28-24(3,27-22)26-21-13-9-19(2)10-14-21/h7-14,17,25-27H,4-6,15-16H2,1-3H3. The van der Waals surface area contributed by atoms with E-state index in [1.807, 2.05) is 0 Å². The maximum atomic E-state index is 5.07. The summed E-state index contributed by atoms with van der Waals surface area (Å²) in [6.07, 6.45) is 5.88. The molecule has 0 radical (unpaired) electrons. The third kappa shape index (κ3) is 4.91. The van der Waals surface area contributed by atoms with E-state index in [9.17, 15) is 0 Å². The maximum absolute atomic E-state index is 5.07. The van der Waals surface area contributed by atoms with E-state index in [-0.39, 0.29) is 0 Å². The monoisotopic (exact) mass is 389 g/mol. The van der Waals surface area contributed by atoms with Crippen LogP contribution in [0.25, 0.3) is 0 Å². The molecule has 152 valence electrons. The average molecular weight is 390 g/mol. The molecule has 0 saturated carbocycles. The number of amidine groups is 1. The summed E-state index contributed by atoms with van der Waals surface area (Å²) >= 11 is 0. The van der Waals surface area contributed by atoms with E-state index < -0.39 is 5.79 Å². The van der Waals surface area contributed by atoms with E-state index in [0.29, 0.717) is 0 Å². The predicted molar refractivity (Wildman–Crippen MR) is 122 cm³/mol. The van der Waals surface area contributed by atoms with Crippen LogP contribution in [0, 0.1) is 13.8 Å². The van der Waals surface area contributed by atoms with Crippen molar-refractivity contribution in [1.29, 1.82) is 0 Å². The van der Waals surface area contributed by atoms with Crippen LogP contribution >= 0.6 is 0 Å². The number of nitrogens with zero attached hydrogens (tertiary/aromatic N) is 2. The zero-order chi connectivity index (χ0) is 20.3. The van der Waals surface area contributed by atoms with Crippen molar-refractivity contribution in [1.82, 2.24) is 10.2 Å². The lowest BCUT2D eigenvalue weighted by Gasteiger charge is -2.38. The lowest BCUT2D eigenvalue weighted by molar-refractivity contribution is 0.333. The van der Waals surface area contributed by atoms with E-state index in [0.717, 1.165) is 36.1 Å². The van der Waals surface area contributed by atoms with Crippen molar-refractivity contribution in [3.8, 4) is 0 Å². The first kappa shape index (κ1) is 19.4. The molecule has 2 aliphatic rings. The Hall–Kier alpha value is -2.95. The maximum Gasteiger partial charge on any atom is 0.205 e. The molecule has 5 nitrogen and oxygen atoms in total. The topological polar surface area (TPSA) is 51.7 Å². The Morgan fingerprint density at radius 2 is 1.45 bits per heavy atom. The smallest absolute Gasteiger partial charge is 0.205 e. The Kier molecular flexibility index (Phi) is 5.47. The second-order valence-electron chi connectivity index (χ2n) is 8.25. The highest BCUT2D eigenvalue weighted by molar-refractivity contribution is 5.95. The van der Waals surface area contributed by atoms with Crippen molar-refractivity contribution in [3.05, 3.63) is 71.6 Å². The molecule has 1 atom stereocenters. The van der Waals surface area contributed by atoms with Gasteiger partial charge < -0.3 is 20.9 Å². The average Bonchev–Trinajstić information content (AvgIpc) is 2.72. The molecule has 0 amide bonds. The van der Waals surface area contributed by atoms with Gasteiger partial charge in [0, 0.05) is 30.5 Å². The minimum absolute atomic E-state index is 0.635. The Labute approximate surface area is 173 Å². The van der Waals surface area contributed by atoms with Crippen LogP contribution in [0.2, 0.25) is 0 Å². The van der Waals surface area contributed by atoms with Crippen LogP contribution in [0.3, 0.4) is 0 Å². The van der Waals surface area contributed by atoms with Crippen molar-refractivity contribution >= 4 is 17.2 Å². The molecule has 2 aliphatic heterocycles. The van der Waals surface area contributed by atoms with Gasteiger partial charge in [-0.1, -0.05) is 35.4 Å². The molecule has 4 rings (SSSR count). The number of hydrogen-bond donors (Lipinski definition) is 3. The highest BCUT2D eigenvalue weighted by Crippen LogP contribution is 2.23. The molecule has 5 heteroatoms. The van der Waals surface area contributed by atoms with Gasteiger partial charge in [0.15, 0.2) is 0 Å². The zero-order valence-corrected chi connectivity index (χ0v) is 17.6. The summed E-state index contributed by atoms with van der Waals surface area (Å²) in [5, 5.41) is 10.7. The molecule has 1 saturated heterocycles. The molecular formula is C24H31N5. The molecule has 0 aromatic heterocycles. The summed E-state index contributed by atoms with van der Waals surface area (Å²) in [5.41, 5.74) is 4.61. The van der Waals surface area contributed by atoms with Crippen LogP contribution in [0.4, 0.5) is 11.4 Å². The number of benzene rings is 2. The largest absolute Gasteiger partial charge is 0.357 e. The van der Waals surface area contributed by atoms with Crippen LogP contribution in [0.5, 0.6) is 0 Å². The quantitative estimate of drug-likeness (QED) is 0.701. The number of hydrogen-bond acceptors (Lipinski definition) is 5. The normalized spacial score (nSPS) is 21.7. The molecule has 29 heavy (non-hydrogen) atoms. The first-order chi connectivity index (χ1) is 14.0. The van der Waals surface area contributed by atoms with Gasteiger partial charge in [0.05, 0.1) is 0 Å². The predicted octanol–water partition coefficient (Wildman–Crippen LogP) is 4.83. The highest BCUT2D eigenvalue weighted by atomic mass is 15.4. The summed E-state index contributed by atoms with van der Waals surface area (Å²) in [4.78, 5) is 7.46. The lowest BCUT2D eigenvalue weighted by Crippen LogP contribution is -2.53. The van der Waals surface area contributed by atoms with Gasteiger partial charge in [0.1, 0.15) is 11.7 Å². The first-order valence-electron chi connectivity index (χ1n) is 10.5. The molecule has 1 unspecified atom stereocenters. The number of piperidine rings is 1.